The summed E-state index contributed by atoms with van der Waals surface area (Å²) in [5, 5.41) is 0. The van der Waals surface area contributed by atoms with Gasteiger partial charge in [-0.25, -0.2) is 4.98 Å². The Balaban J connectivity index is 2.15. The van der Waals surface area contributed by atoms with E-state index >= 15 is 0 Å². The number of aromatic nitrogens is 2. The number of ether oxygens (including phenoxy) is 1. The Bertz CT molecular complexity index is 302. The monoisotopic (exact) mass is 195 g/mol. The van der Waals surface area contributed by atoms with E-state index in [0.717, 1.165) is 37.6 Å². The molecule has 0 aliphatic carbocycles. The van der Waals surface area contributed by atoms with Crippen LogP contribution in [0.25, 0.3) is 0 Å². The molecule has 0 spiro atoms. The molecule has 4 nitrogen and oxygen atoms in total. The van der Waals surface area contributed by atoms with Crippen molar-refractivity contribution in [2.75, 3.05) is 19.8 Å². The molecule has 1 fully saturated rings. The zero-order valence-electron chi connectivity index (χ0n) is 8.55. The van der Waals surface area contributed by atoms with Crippen molar-refractivity contribution >= 4 is 0 Å². The van der Waals surface area contributed by atoms with Gasteiger partial charge in [0, 0.05) is 24.9 Å². The summed E-state index contributed by atoms with van der Waals surface area (Å²) in [6.45, 7) is 4.45. The number of rotatable bonds is 3. The van der Waals surface area contributed by atoms with Crippen LogP contribution in [0.1, 0.15) is 24.9 Å². The Morgan fingerprint density at radius 1 is 1.71 bits per heavy atom. The minimum Gasteiger partial charge on any atom is -0.380 e. The Labute approximate surface area is 83.9 Å². The summed E-state index contributed by atoms with van der Waals surface area (Å²) in [6.07, 6.45) is 3.79. The van der Waals surface area contributed by atoms with E-state index in [-0.39, 0.29) is 5.41 Å². The highest BCUT2D eigenvalue weighted by Gasteiger charge is 2.34. The van der Waals surface area contributed by atoms with Gasteiger partial charge < -0.3 is 15.5 Å². The number of H-pyrrole nitrogens is 1. The second-order valence-corrected chi connectivity index (χ2v) is 4.16. The summed E-state index contributed by atoms with van der Waals surface area (Å²) in [7, 11) is 0. The Hall–Kier alpha value is -0.870. The van der Waals surface area contributed by atoms with E-state index in [1.807, 2.05) is 6.20 Å². The highest BCUT2D eigenvalue weighted by molar-refractivity contribution is 5.13. The van der Waals surface area contributed by atoms with E-state index in [0.29, 0.717) is 6.54 Å². The van der Waals surface area contributed by atoms with Crippen molar-refractivity contribution in [3.63, 3.8) is 0 Å². The fourth-order valence-electron chi connectivity index (χ4n) is 1.80. The molecule has 0 aromatic carbocycles. The van der Waals surface area contributed by atoms with Crippen molar-refractivity contribution in [2.45, 2.75) is 25.2 Å². The molecule has 1 unspecified atom stereocenters. The summed E-state index contributed by atoms with van der Waals surface area (Å²) >= 11 is 0. The summed E-state index contributed by atoms with van der Waals surface area (Å²) in [4.78, 5) is 7.72. The minimum absolute atomic E-state index is 0.0762. The highest BCUT2D eigenvalue weighted by atomic mass is 16.5. The van der Waals surface area contributed by atoms with E-state index in [4.69, 9.17) is 10.5 Å². The van der Waals surface area contributed by atoms with E-state index < -0.39 is 0 Å². The van der Waals surface area contributed by atoms with Gasteiger partial charge in [-0.15, -0.1) is 0 Å². The zero-order valence-corrected chi connectivity index (χ0v) is 8.55. The molecule has 1 saturated heterocycles. The van der Waals surface area contributed by atoms with Crippen LogP contribution in [-0.2, 0) is 16.6 Å². The van der Waals surface area contributed by atoms with Gasteiger partial charge in [0.05, 0.1) is 12.0 Å². The number of imidazole rings is 1. The fourth-order valence-corrected chi connectivity index (χ4v) is 1.80. The van der Waals surface area contributed by atoms with Crippen molar-refractivity contribution in [1.82, 2.24) is 9.97 Å². The smallest absolute Gasteiger partial charge is 0.114 e. The number of aromatic amines is 1. The number of hydrogen-bond acceptors (Lipinski definition) is 3. The molecule has 0 radical (unpaired) electrons. The van der Waals surface area contributed by atoms with Gasteiger partial charge in [-0.1, -0.05) is 6.92 Å². The maximum absolute atomic E-state index is 5.48. The lowest BCUT2D eigenvalue weighted by Gasteiger charge is -2.18. The van der Waals surface area contributed by atoms with Gasteiger partial charge in [-0.3, -0.25) is 0 Å². The van der Waals surface area contributed by atoms with Gasteiger partial charge in [0.1, 0.15) is 5.82 Å². The Morgan fingerprint density at radius 2 is 2.57 bits per heavy atom. The van der Waals surface area contributed by atoms with Crippen molar-refractivity contribution in [3.05, 3.63) is 17.7 Å². The largest absolute Gasteiger partial charge is 0.380 e. The van der Waals surface area contributed by atoms with Gasteiger partial charge in [0.15, 0.2) is 0 Å². The summed E-state index contributed by atoms with van der Waals surface area (Å²) in [6, 6.07) is 0. The first-order valence-electron chi connectivity index (χ1n) is 5.07. The molecule has 0 saturated carbocycles. The number of nitrogens with one attached hydrogen (secondary N) is 1. The molecule has 0 amide bonds. The second-order valence-electron chi connectivity index (χ2n) is 4.16. The molecular weight excluding hydrogens is 178 g/mol. The summed E-state index contributed by atoms with van der Waals surface area (Å²) in [5.74, 6) is 1.04. The lowest BCUT2D eigenvalue weighted by atomic mass is 9.89. The molecule has 1 aliphatic rings. The molecule has 4 heteroatoms. The van der Waals surface area contributed by atoms with Gasteiger partial charge in [-0.2, -0.15) is 0 Å². The second kappa shape index (κ2) is 3.71. The van der Waals surface area contributed by atoms with Gasteiger partial charge in [0.2, 0.25) is 0 Å². The zero-order chi connectivity index (χ0) is 10.0. The molecule has 78 valence electrons. The van der Waals surface area contributed by atoms with Crippen LogP contribution in [0.15, 0.2) is 6.20 Å². The Kier molecular flexibility index (Phi) is 2.56. The molecular formula is C10H17N3O. The SMILES string of the molecule is CC1(c2ncc(CCN)[nH]2)CCOC1. The van der Waals surface area contributed by atoms with Crippen molar-refractivity contribution < 1.29 is 4.74 Å². The molecule has 14 heavy (non-hydrogen) atoms. The third kappa shape index (κ3) is 1.67. The topological polar surface area (TPSA) is 63.9 Å². The first-order valence-corrected chi connectivity index (χ1v) is 5.07. The van der Waals surface area contributed by atoms with Crippen LogP contribution in [-0.4, -0.2) is 29.7 Å². The minimum atomic E-state index is 0.0762. The van der Waals surface area contributed by atoms with Gasteiger partial charge in [0.25, 0.3) is 0 Å². The maximum Gasteiger partial charge on any atom is 0.114 e. The number of nitrogens with zero attached hydrogens (tertiary/aromatic N) is 1. The van der Waals surface area contributed by atoms with Crippen LogP contribution in [0.3, 0.4) is 0 Å². The maximum atomic E-state index is 5.48. The number of hydrogen-bond donors (Lipinski definition) is 2. The van der Waals surface area contributed by atoms with Crippen molar-refractivity contribution in [1.29, 1.82) is 0 Å². The van der Waals surface area contributed by atoms with E-state index in [1.54, 1.807) is 0 Å². The molecule has 1 aliphatic heterocycles. The lowest BCUT2D eigenvalue weighted by molar-refractivity contribution is 0.179. The van der Waals surface area contributed by atoms with Crippen LogP contribution in [0, 0.1) is 0 Å². The average Bonchev–Trinajstić information content (AvgIpc) is 2.75. The van der Waals surface area contributed by atoms with Crippen LogP contribution < -0.4 is 5.73 Å². The first-order chi connectivity index (χ1) is 6.74. The highest BCUT2D eigenvalue weighted by Crippen LogP contribution is 2.30. The van der Waals surface area contributed by atoms with Gasteiger partial charge in [-0.05, 0) is 13.0 Å². The summed E-state index contributed by atoms with van der Waals surface area (Å²) < 4.78 is 5.40. The van der Waals surface area contributed by atoms with Gasteiger partial charge >= 0.3 is 0 Å². The first kappa shape index (κ1) is 9.68. The molecule has 0 bridgehead atoms. The molecule has 2 heterocycles. The van der Waals surface area contributed by atoms with Crippen molar-refractivity contribution in [2.24, 2.45) is 5.73 Å². The predicted octanol–water partition coefficient (Wildman–Crippen LogP) is 0.589. The molecule has 1 atom stereocenters. The third-order valence-corrected chi connectivity index (χ3v) is 2.83. The summed E-state index contributed by atoms with van der Waals surface area (Å²) in [5.41, 5.74) is 6.68. The average molecular weight is 195 g/mol. The lowest BCUT2D eigenvalue weighted by Crippen LogP contribution is -2.23. The Morgan fingerprint density at radius 3 is 3.21 bits per heavy atom. The fraction of sp³-hybridized carbons (Fsp3) is 0.700. The standard InChI is InChI=1S/C10H17N3O/c1-10(3-5-14-7-10)9-12-6-8(13-9)2-4-11/h6H,2-5,7,11H2,1H3,(H,12,13). The van der Waals surface area contributed by atoms with Crippen LogP contribution in [0.4, 0.5) is 0 Å². The number of nitrogens with two attached hydrogens (primary N) is 1. The molecule has 2 rings (SSSR count). The molecule has 3 N–H and O–H groups in total. The van der Waals surface area contributed by atoms with Crippen LogP contribution in [0.5, 0.6) is 0 Å². The molecule has 1 aromatic rings. The van der Waals surface area contributed by atoms with E-state index in [1.165, 1.54) is 0 Å². The quantitative estimate of drug-likeness (QED) is 0.742. The molecule has 1 aromatic heterocycles. The van der Waals surface area contributed by atoms with Crippen LogP contribution in [0.2, 0.25) is 0 Å². The predicted molar refractivity (Wildman–Crippen MR) is 54.1 cm³/mol. The third-order valence-electron chi connectivity index (χ3n) is 2.83. The van der Waals surface area contributed by atoms with E-state index in [2.05, 4.69) is 16.9 Å². The normalized spacial score (nSPS) is 27.0. The van der Waals surface area contributed by atoms with E-state index in [9.17, 15) is 0 Å². The van der Waals surface area contributed by atoms with Crippen molar-refractivity contribution in [3.8, 4) is 0 Å². The van der Waals surface area contributed by atoms with Crippen LogP contribution >= 0.6 is 0 Å².